The minimum atomic E-state index is -0.369. The predicted molar refractivity (Wildman–Crippen MR) is 142 cm³/mol. The third kappa shape index (κ3) is 9.31. The number of halogens is 2. The van der Waals surface area contributed by atoms with Gasteiger partial charge in [0, 0.05) is 17.7 Å². The van der Waals surface area contributed by atoms with Crippen molar-refractivity contribution in [2.24, 2.45) is 0 Å². The Bertz CT molecular complexity index is 987. The Kier molecular flexibility index (Phi) is 11.6. The van der Waals surface area contributed by atoms with E-state index in [-0.39, 0.29) is 16.9 Å². The summed E-state index contributed by atoms with van der Waals surface area (Å²) in [7, 11) is 0. The number of benzene rings is 2. The molecule has 6 nitrogen and oxygen atoms in total. The molecule has 2 aromatic rings. The number of ether oxygens (including phenoxy) is 1. The van der Waals surface area contributed by atoms with E-state index in [9.17, 15) is 9.59 Å². The summed E-state index contributed by atoms with van der Waals surface area (Å²) in [5.41, 5.74) is 1.49. The fraction of sp³-hybridized carbons (Fsp3) is 0.375. The number of thiocarbonyl (C=S) groups is 1. The predicted octanol–water partition coefficient (Wildman–Crippen LogP) is 6.93. The second-order valence-electron chi connectivity index (χ2n) is 7.46. The van der Waals surface area contributed by atoms with Crippen LogP contribution in [0, 0.1) is 0 Å². The van der Waals surface area contributed by atoms with E-state index in [1.54, 1.807) is 36.4 Å². The number of unbranched alkanes of at least 4 members (excludes halogenated alkanes) is 3. The maximum atomic E-state index is 12.6. The van der Waals surface area contributed by atoms with Gasteiger partial charge in [0.25, 0.3) is 5.91 Å². The molecule has 0 atom stereocenters. The molecule has 0 saturated heterocycles. The van der Waals surface area contributed by atoms with Crippen LogP contribution in [0.5, 0.6) is 5.75 Å². The molecule has 0 fully saturated rings. The van der Waals surface area contributed by atoms with Crippen molar-refractivity contribution in [1.29, 1.82) is 0 Å². The summed E-state index contributed by atoms with van der Waals surface area (Å²) in [5.74, 6) is 0.240. The first-order valence-electron chi connectivity index (χ1n) is 11.0. The monoisotopic (exact) mass is 553 g/mol. The third-order valence-electron chi connectivity index (χ3n) is 4.65. The van der Waals surface area contributed by atoms with E-state index in [2.05, 4.69) is 38.8 Å². The molecular formula is C24H29BrClN3O3S. The molecule has 0 aliphatic carbocycles. The van der Waals surface area contributed by atoms with Crippen molar-refractivity contribution < 1.29 is 14.3 Å². The van der Waals surface area contributed by atoms with Crippen molar-refractivity contribution in [1.82, 2.24) is 5.32 Å². The van der Waals surface area contributed by atoms with Crippen LogP contribution in [0.25, 0.3) is 0 Å². The highest BCUT2D eigenvalue weighted by Gasteiger charge is 2.13. The molecule has 9 heteroatoms. The Labute approximate surface area is 213 Å². The Morgan fingerprint density at radius 2 is 1.82 bits per heavy atom. The van der Waals surface area contributed by atoms with E-state index >= 15 is 0 Å². The third-order valence-corrected chi connectivity index (χ3v) is 5.81. The van der Waals surface area contributed by atoms with Crippen LogP contribution < -0.4 is 20.7 Å². The summed E-state index contributed by atoms with van der Waals surface area (Å²) >= 11 is 15.0. The number of carbonyl (C=O) groups is 2. The molecule has 3 N–H and O–H groups in total. The molecule has 2 rings (SSSR count). The van der Waals surface area contributed by atoms with Crippen LogP contribution >= 0.6 is 39.7 Å². The van der Waals surface area contributed by atoms with Gasteiger partial charge in [0.15, 0.2) is 5.11 Å². The average molecular weight is 555 g/mol. The van der Waals surface area contributed by atoms with Crippen molar-refractivity contribution in [3.05, 3.63) is 51.5 Å². The normalized spacial score (nSPS) is 10.4. The van der Waals surface area contributed by atoms with Crippen LogP contribution in [-0.4, -0.2) is 23.5 Å². The maximum Gasteiger partial charge on any atom is 0.257 e. The van der Waals surface area contributed by atoms with Gasteiger partial charge in [-0.05, 0) is 77.4 Å². The molecule has 0 spiro atoms. The van der Waals surface area contributed by atoms with Crippen LogP contribution in [0.2, 0.25) is 5.02 Å². The highest BCUT2D eigenvalue weighted by Crippen LogP contribution is 2.27. The molecule has 0 bridgehead atoms. The zero-order valence-corrected chi connectivity index (χ0v) is 22.0. The first-order valence-corrected chi connectivity index (χ1v) is 12.6. The summed E-state index contributed by atoms with van der Waals surface area (Å²) in [6, 6.07) is 10.1. The van der Waals surface area contributed by atoms with Gasteiger partial charge in [0.2, 0.25) is 5.91 Å². The van der Waals surface area contributed by atoms with E-state index in [1.165, 1.54) is 12.8 Å². The molecule has 0 heterocycles. The minimum Gasteiger partial charge on any atom is -0.492 e. The van der Waals surface area contributed by atoms with Crippen LogP contribution in [0.15, 0.2) is 40.9 Å². The van der Waals surface area contributed by atoms with Crippen LogP contribution in [-0.2, 0) is 4.79 Å². The second-order valence-corrected chi connectivity index (χ2v) is 9.13. The van der Waals surface area contributed by atoms with Crippen LogP contribution in [0.1, 0.15) is 62.7 Å². The van der Waals surface area contributed by atoms with Gasteiger partial charge in [-0.25, -0.2) is 0 Å². The Morgan fingerprint density at radius 3 is 2.52 bits per heavy atom. The van der Waals surface area contributed by atoms with E-state index in [0.29, 0.717) is 45.2 Å². The van der Waals surface area contributed by atoms with Gasteiger partial charge < -0.3 is 15.4 Å². The number of hydrogen-bond acceptors (Lipinski definition) is 4. The minimum absolute atomic E-state index is 0.0828. The van der Waals surface area contributed by atoms with Gasteiger partial charge in [-0.2, -0.15) is 0 Å². The fourth-order valence-electron chi connectivity index (χ4n) is 2.95. The summed E-state index contributed by atoms with van der Waals surface area (Å²) in [4.78, 5) is 24.4. The Balaban J connectivity index is 1.94. The first-order chi connectivity index (χ1) is 15.8. The van der Waals surface area contributed by atoms with Crippen molar-refractivity contribution in [3.63, 3.8) is 0 Å². The van der Waals surface area contributed by atoms with E-state index in [0.717, 1.165) is 19.3 Å². The second kappa shape index (κ2) is 14.2. The highest BCUT2D eigenvalue weighted by molar-refractivity contribution is 9.10. The lowest BCUT2D eigenvalue weighted by Gasteiger charge is -2.13. The summed E-state index contributed by atoms with van der Waals surface area (Å²) in [5, 5.41) is 8.84. The van der Waals surface area contributed by atoms with Gasteiger partial charge in [-0.15, -0.1) is 0 Å². The molecule has 0 aliphatic heterocycles. The smallest absolute Gasteiger partial charge is 0.257 e. The lowest BCUT2D eigenvalue weighted by Crippen LogP contribution is -2.34. The Morgan fingerprint density at radius 1 is 1.03 bits per heavy atom. The lowest BCUT2D eigenvalue weighted by atomic mass is 10.2. The summed E-state index contributed by atoms with van der Waals surface area (Å²) in [6.07, 6.45) is 5.69. The number of nitrogens with one attached hydrogen (secondary N) is 3. The number of carbonyl (C=O) groups excluding carboxylic acids is 2. The van der Waals surface area contributed by atoms with Gasteiger partial charge in [-0.1, -0.05) is 44.7 Å². The van der Waals surface area contributed by atoms with Gasteiger partial charge >= 0.3 is 0 Å². The zero-order valence-electron chi connectivity index (χ0n) is 18.8. The average Bonchev–Trinajstić information content (AvgIpc) is 2.77. The van der Waals surface area contributed by atoms with E-state index < -0.39 is 0 Å². The van der Waals surface area contributed by atoms with Gasteiger partial charge in [-0.3, -0.25) is 14.9 Å². The summed E-state index contributed by atoms with van der Waals surface area (Å²) < 4.78 is 6.48. The van der Waals surface area contributed by atoms with Crippen molar-refractivity contribution >= 4 is 68.1 Å². The molecule has 0 aliphatic rings. The van der Waals surface area contributed by atoms with Gasteiger partial charge in [0.1, 0.15) is 5.75 Å². The highest BCUT2D eigenvalue weighted by atomic mass is 79.9. The number of anilines is 2. The molecule has 0 aromatic heterocycles. The van der Waals surface area contributed by atoms with E-state index in [1.807, 2.05) is 6.92 Å². The first kappa shape index (κ1) is 27.1. The fourth-order valence-corrected chi connectivity index (χ4v) is 3.81. The van der Waals surface area contributed by atoms with Crippen molar-refractivity contribution in [2.75, 3.05) is 17.2 Å². The molecule has 178 valence electrons. The number of rotatable bonds is 11. The number of hydrogen-bond donors (Lipinski definition) is 3. The zero-order chi connectivity index (χ0) is 24.2. The summed E-state index contributed by atoms with van der Waals surface area (Å²) in [6.45, 7) is 4.74. The van der Waals surface area contributed by atoms with Crippen molar-refractivity contribution in [3.8, 4) is 5.75 Å². The SMILES string of the molecule is CCCCCCOc1ccc(C(=O)NC(=S)Nc2cc(NC(=O)CCC)ccc2Cl)cc1Br. The maximum absolute atomic E-state index is 12.6. The largest absolute Gasteiger partial charge is 0.492 e. The van der Waals surface area contributed by atoms with Crippen LogP contribution in [0.3, 0.4) is 0 Å². The van der Waals surface area contributed by atoms with Crippen molar-refractivity contribution in [2.45, 2.75) is 52.4 Å². The van der Waals surface area contributed by atoms with Crippen LogP contribution in [0.4, 0.5) is 11.4 Å². The standard InChI is InChI=1S/C24H29BrClN3O3S/c1-3-5-6-7-13-32-21-12-9-16(14-18(21)25)23(31)29-24(33)28-20-15-17(10-11-19(20)26)27-22(30)8-4-2/h9-12,14-15H,3-8,13H2,1-2H3,(H,27,30)(H2,28,29,31,33). The molecule has 0 saturated carbocycles. The Hall–Kier alpha value is -2.16. The molecule has 0 radical (unpaired) electrons. The molecule has 2 aromatic carbocycles. The topological polar surface area (TPSA) is 79.5 Å². The van der Waals surface area contributed by atoms with Gasteiger partial charge in [0.05, 0.1) is 21.8 Å². The quantitative estimate of drug-likeness (QED) is 0.207. The number of amides is 2. The molecule has 33 heavy (non-hydrogen) atoms. The molecule has 2 amide bonds. The lowest BCUT2D eigenvalue weighted by molar-refractivity contribution is -0.116. The molecule has 0 unspecified atom stereocenters. The molecular weight excluding hydrogens is 526 g/mol. The van der Waals surface area contributed by atoms with E-state index in [4.69, 9.17) is 28.6 Å².